The Morgan fingerprint density at radius 3 is 2.88 bits per heavy atom. The van der Waals surface area contributed by atoms with Gasteiger partial charge in [0.25, 0.3) is 11.5 Å². The van der Waals surface area contributed by atoms with E-state index in [1.165, 1.54) is 10.5 Å². The quantitative estimate of drug-likeness (QED) is 0.573. The van der Waals surface area contributed by atoms with Gasteiger partial charge in [-0.3, -0.25) is 14.0 Å². The fourth-order valence-corrected chi connectivity index (χ4v) is 2.89. The first-order valence-corrected chi connectivity index (χ1v) is 8.29. The molecule has 0 atom stereocenters. The normalized spacial score (nSPS) is 11.1. The molecule has 0 bridgehead atoms. The van der Waals surface area contributed by atoms with Crippen molar-refractivity contribution >= 4 is 33.1 Å². The number of halogens is 1. The first kappa shape index (κ1) is 15.5. The molecule has 0 unspecified atom stereocenters. The summed E-state index contributed by atoms with van der Waals surface area (Å²) in [6, 6.07) is 10.2. The van der Waals surface area contributed by atoms with Gasteiger partial charge in [-0.25, -0.2) is 9.97 Å². The van der Waals surface area contributed by atoms with Crippen LogP contribution in [0.1, 0.15) is 16.2 Å². The SMILES string of the molecule is O=C(NCc1cn2cc(Br)ccc2n1)c1cc(=O)n2ccccc2n1. The summed E-state index contributed by atoms with van der Waals surface area (Å²) in [6.45, 7) is 0.244. The van der Waals surface area contributed by atoms with Gasteiger partial charge in [0.15, 0.2) is 0 Å². The molecule has 4 aromatic heterocycles. The molecule has 4 aromatic rings. The first-order chi connectivity index (χ1) is 12.1. The number of pyridine rings is 2. The zero-order valence-electron chi connectivity index (χ0n) is 12.9. The summed E-state index contributed by atoms with van der Waals surface area (Å²) < 4.78 is 4.19. The standard InChI is InChI=1S/C17H12BrN5O2/c18-11-4-5-14-20-12(10-22(14)9-11)8-19-17(25)13-7-16(24)23-6-2-1-3-15(23)21-13/h1-7,9-10H,8H2,(H,19,25). The third kappa shape index (κ3) is 3.03. The van der Waals surface area contributed by atoms with Crippen LogP contribution in [-0.2, 0) is 6.54 Å². The van der Waals surface area contributed by atoms with Crippen molar-refractivity contribution in [1.82, 2.24) is 24.1 Å². The fraction of sp³-hybridized carbons (Fsp3) is 0.0588. The summed E-state index contributed by atoms with van der Waals surface area (Å²) in [4.78, 5) is 33.0. The third-order valence-electron chi connectivity index (χ3n) is 3.70. The van der Waals surface area contributed by atoms with Gasteiger partial charge in [0.05, 0.1) is 12.2 Å². The van der Waals surface area contributed by atoms with Crippen LogP contribution in [-0.4, -0.2) is 24.7 Å². The zero-order valence-corrected chi connectivity index (χ0v) is 14.5. The van der Waals surface area contributed by atoms with Gasteiger partial charge in [-0.1, -0.05) is 6.07 Å². The van der Waals surface area contributed by atoms with E-state index in [-0.39, 0.29) is 17.8 Å². The van der Waals surface area contributed by atoms with Crippen LogP contribution in [0, 0.1) is 0 Å². The number of nitrogens with one attached hydrogen (secondary N) is 1. The molecule has 0 radical (unpaired) electrons. The molecule has 8 heteroatoms. The summed E-state index contributed by atoms with van der Waals surface area (Å²) in [6.07, 6.45) is 5.34. The van der Waals surface area contributed by atoms with Crippen molar-refractivity contribution in [1.29, 1.82) is 0 Å². The van der Waals surface area contributed by atoms with Crippen LogP contribution in [0.2, 0.25) is 0 Å². The number of nitrogens with zero attached hydrogens (tertiary/aromatic N) is 4. The highest BCUT2D eigenvalue weighted by atomic mass is 79.9. The molecule has 0 aliphatic heterocycles. The topological polar surface area (TPSA) is 80.8 Å². The molecule has 0 aliphatic carbocycles. The maximum atomic E-state index is 12.3. The minimum absolute atomic E-state index is 0.0858. The van der Waals surface area contributed by atoms with Gasteiger partial charge >= 0.3 is 0 Å². The minimum atomic E-state index is -0.415. The largest absolute Gasteiger partial charge is 0.345 e. The number of rotatable bonds is 3. The van der Waals surface area contributed by atoms with Crippen molar-refractivity contribution < 1.29 is 4.79 Å². The molecule has 4 heterocycles. The van der Waals surface area contributed by atoms with E-state index < -0.39 is 5.91 Å². The summed E-state index contributed by atoms with van der Waals surface area (Å²) in [5.41, 5.74) is 1.72. The highest BCUT2D eigenvalue weighted by molar-refractivity contribution is 9.10. The van der Waals surface area contributed by atoms with Crippen LogP contribution in [0.3, 0.4) is 0 Å². The summed E-state index contributed by atoms with van der Waals surface area (Å²) >= 11 is 3.40. The monoisotopic (exact) mass is 397 g/mol. The summed E-state index contributed by atoms with van der Waals surface area (Å²) in [7, 11) is 0. The number of hydrogen-bond acceptors (Lipinski definition) is 4. The highest BCUT2D eigenvalue weighted by Gasteiger charge is 2.11. The molecular weight excluding hydrogens is 386 g/mol. The number of hydrogen-bond donors (Lipinski definition) is 1. The number of imidazole rings is 1. The molecular formula is C17H12BrN5O2. The molecule has 1 N–H and O–H groups in total. The maximum Gasteiger partial charge on any atom is 0.270 e. The van der Waals surface area contributed by atoms with Crippen molar-refractivity contribution in [2.75, 3.05) is 0 Å². The highest BCUT2D eigenvalue weighted by Crippen LogP contribution is 2.12. The molecule has 124 valence electrons. The Bertz CT molecular complexity index is 1160. The van der Waals surface area contributed by atoms with Gasteiger partial charge < -0.3 is 9.72 Å². The lowest BCUT2D eigenvalue weighted by Crippen LogP contribution is -2.27. The number of fused-ring (bicyclic) bond motifs is 2. The molecule has 0 aromatic carbocycles. The number of amides is 1. The molecule has 0 aliphatic rings. The Balaban J connectivity index is 1.56. The molecule has 1 amide bonds. The van der Waals surface area contributed by atoms with Gasteiger partial charge in [0.2, 0.25) is 0 Å². The Morgan fingerprint density at radius 2 is 2.00 bits per heavy atom. The molecule has 0 saturated heterocycles. The van der Waals surface area contributed by atoms with Crippen LogP contribution in [0.4, 0.5) is 0 Å². The molecule has 0 spiro atoms. The number of aromatic nitrogens is 4. The Morgan fingerprint density at radius 1 is 1.12 bits per heavy atom. The smallest absolute Gasteiger partial charge is 0.270 e. The van der Waals surface area contributed by atoms with E-state index in [1.54, 1.807) is 24.4 Å². The summed E-state index contributed by atoms with van der Waals surface area (Å²) in [5.74, 6) is -0.415. The summed E-state index contributed by atoms with van der Waals surface area (Å²) in [5, 5.41) is 2.75. The lowest BCUT2D eigenvalue weighted by Gasteiger charge is -2.04. The van der Waals surface area contributed by atoms with Crippen molar-refractivity contribution in [2.24, 2.45) is 0 Å². The lowest BCUT2D eigenvalue weighted by atomic mass is 10.3. The van der Waals surface area contributed by atoms with E-state index in [0.717, 1.165) is 10.1 Å². The van der Waals surface area contributed by atoms with E-state index in [4.69, 9.17) is 0 Å². The molecule has 0 saturated carbocycles. The van der Waals surface area contributed by atoms with E-state index in [9.17, 15) is 9.59 Å². The first-order valence-electron chi connectivity index (χ1n) is 7.50. The van der Waals surface area contributed by atoms with Crippen LogP contribution in [0.25, 0.3) is 11.3 Å². The Hall–Kier alpha value is -3.00. The van der Waals surface area contributed by atoms with Crippen molar-refractivity contribution in [3.05, 3.63) is 81.2 Å². The Labute approximate surface area is 150 Å². The Kier molecular flexibility index (Phi) is 3.81. The second-order valence-corrected chi connectivity index (χ2v) is 6.35. The third-order valence-corrected chi connectivity index (χ3v) is 4.17. The van der Waals surface area contributed by atoms with E-state index in [0.29, 0.717) is 11.3 Å². The number of carbonyl (C=O) groups is 1. The fourth-order valence-electron chi connectivity index (χ4n) is 2.53. The number of carbonyl (C=O) groups excluding carboxylic acids is 1. The van der Waals surface area contributed by atoms with Gasteiger partial charge in [-0.15, -0.1) is 0 Å². The molecule has 4 rings (SSSR count). The van der Waals surface area contributed by atoms with Gasteiger partial charge in [0.1, 0.15) is 17.0 Å². The molecule has 7 nitrogen and oxygen atoms in total. The van der Waals surface area contributed by atoms with Crippen molar-refractivity contribution in [2.45, 2.75) is 6.54 Å². The predicted octanol–water partition coefficient (Wildman–Crippen LogP) is 2.03. The van der Waals surface area contributed by atoms with Gasteiger partial charge in [-0.05, 0) is 40.2 Å². The van der Waals surface area contributed by atoms with Crippen molar-refractivity contribution in [3.8, 4) is 0 Å². The van der Waals surface area contributed by atoms with Gasteiger partial charge in [0, 0.05) is 29.1 Å². The second kappa shape index (κ2) is 6.14. The predicted molar refractivity (Wildman–Crippen MR) is 95.5 cm³/mol. The minimum Gasteiger partial charge on any atom is -0.345 e. The van der Waals surface area contributed by atoms with Crippen LogP contribution >= 0.6 is 15.9 Å². The average molecular weight is 398 g/mol. The van der Waals surface area contributed by atoms with E-state index >= 15 is 0 Å². The maximum absolute atomic E-state index is 12.3. The molecule has 0 fully saturated rings. The molecule has 25 heavy (non-hydrogen) atoms. The average Bonchev–Trinajstić information content (AvgIpc) is 3.01. The second-order valence-electron chi connectivity index (χ2n) is 5.44. The van der Waals surface area contributed by atoms with Crippen LogP contribution in [0.15, 0.2) is 64.3 Å². The lowest BCUT2D eigenvalue weighted by molar-refractivity contribution is 0.0945. The van der Waals surface area contributed by atoms with E-state index in [1.807, 2.05) is 28.9 Å². The van der Waals surface area contributed by atoms with Crippen molar-refractivity contribution in [3.63, 3.8) is 0 Å². The zero-order chi connectivity index (χ0) is 17.4. The van der Waals surface area contributed by atoms with E-state index in [2.05, 4.69) is 31.2 Å². The van der Waals surface area contributed by atoms with Gasteiger partial charge in [-0.2, -0.15) is 0 Å². The van der Waals surface area contributed by atoms with Crippen LogP contribution < -0.4 is 10.9 Å². The van der Waals surface area contributed by atoms with Crippen LogP contribution in [0.5, 0.6) is 0 Å².